The highest BCUT2D eigenvalue weighted by molar-refractivity contribution is 9.10. The molecule has 0 radical (unpaired) electrons. The summed E-state index contributed by atoms with van der Waals surface area (Å²) in [5.41, 5.74) is 0.625. The van der Waals surface area contributed by atoms with Crippen molar-refractivity contribution in [3.05, 3.63) is 79.2 Å². The Morgan fingerprint density at radius 2 is 1.77 bits per heavy atom. The van der Waals surface area contributed by atoms with E-state index < -0.39 is 22.0 Å². The third-order valence-electron chi connectivity index (χ3n) is 3.50. The molecule has 0 bridgehead atoms. The van der Waals surface area contributed by atoms with Gasteiger partial charge >= 0.3 is 5.24 Å². The molecule has 0 aromatic heterocycles. The molecule has 0 N–H and O–H groups in total. The Kier molecular flexibility index (Phi) is 5.01. The summed E-state index contributed by atoms with van der Waals surface area (Å²) >= 11 is 3.87. The molecule has 1 fully saturated rings. The van der Waals surface area contributed by atoms with Gasteiger partial charge in [-0.3, -0.25) is 24.5 Å². The number of nitro benzene ring substituents is 1. The van der Waals surface area contributed by atoms with E-state index in [1.165, 1.54) is 36.4 Å². The summed E-state index contributed by atoms with van der Waals surface area (Å²) in [7, 11) is 0. The molecule has 9 heteroatoms. The lowest BCUT2D eigenvalue weighted by Gasteiger charge is -2.11. The highest BCUT2D eigenvalue weighted by Crippen LogP contribution is 2.34. The van der Waals surface area contributed by atoms with Gasteiger partial charge < -0.3 is 0 Å². The maximum atomic E-state index is 12.5. The largest absolute Gasteiger partial charge is 0.300 e. The molecule has 0 spiro atoms. The van der Waals surface area contributed by atoms with E-state index in [1.54, 1.807) is 18.2 Å². The average molecular weight is 433 g/mol. The number of rotatable bonds is 3. The minimum absolute atomic E-state index is 0.0734. The first-order valence-corrected chi connectivity index (χ1v) is 8.80. The molecular formula is C17H9BrN2O5S. The number of hydrogen-bond acceptors (Lipinski definition) is 6. The van der Waals surface area contributed by atoms with Crippen molar-refractivity contribution in [2.24, 2.45) is 0 Å². The van der Waals surface area contributed by atoms with E-state index in [0.29, 0.717) is 26.7 Å². The van der Waals surface area contributed by atoms with Crippen molar-refractivity contribution in [3.8, 4) is 0 Å². The van der Waals surface area contributed by atoms with E-state index >= 15 is 0 Å². The summed E-state index contributed by atoms with van der Waals surface area (Å²) in [4.78, 5) is 48.0. The zero-order valence-electron chi connectivity index (χ0n) is 12.9. The van der Waals surface area contributed by atoms with E-state index in [0.717, 1.165) is 0 Å². The molecule has 1 aliphatic heterocycles. The number of nitrogens with zero attached hydrogens (tertiary/aromatic N) is 2. The van der Waals surface area contributed by atoms with Gasteiger partial charge in [-0.2, -0.15) is 0 Å². The normalized spacial score (nSPS) is 15.6. The number of benzene rings is 2. The second-order valence-corrected chi connectivity index (χ2v) is 7.00. The van der Waals surface area contributed by atoms with Crippen LogP contribution in [0.15, 0.2) is 57.9 Å². The number of amides is 3. The summed E-state index contributed by atoms with van der Waals surface area (Å²) in [6.07, 6.45) is 1.42. The van der Waals surface area contributed by atoms with E-state index in [1.807, 2.05) is 0 Å². The number of imide groups is 3. The fourth-order valence-electron chi connectivity index (χ4n) is 2.24. The zero-order valence-corrected chi connectivity index (χ0v) is 15.3. The summed E-state index contributed by atoms with van der Waals surface area (Å²) in [5.74, 6) is -1.44. The Morgan fingerprint density at radius 3 is 2.38 bits per heavy atom. The first-order chi connectivity index (χ1) is 12.4. The van der Waals surface area contributed by atoms with E-state index in [2.05, 4.69) is 15.9 Å². The quantitative estimate of drug-likeness (QED) is 0.311. The maximum Gasteiger partial charge on any atom is 0.300 e. The van der Waals surface area contributed by atoms with Crippen molar-refractivity contribution in [1.29, 1.82) is 0 Å². The van der Waals surface area contributed by atoms with Gasteiger partial charge in [0.15, 0.2) is 0 Å². The van der Waals surface area contributed by atoms with Gasteiger partial charge in [0, 0.05) is 16.6 Å². The van der Waals surface area contributed by atoms with Crippen LogP contribution in [-0.4, -0.2) is 26.9 Å². The summed E-state index contributed by atoms with van der Waals surface area (Å²) in [6.45, 7) is 0. The van der Waals surface area contributed by atoms with Crippen LogP contribution in [0.2, 0.25) is 0 Å². The molecule has 130 valence electrons. The first kappa shape index (κ1) is 18.0. The Hall–Kier alpha value is -2.78. The molecule has 3 amide bonds. The number of non-ortho nitro benzene ring substituents is 1. The Labute approximate surface area is 160 Å². The van der Waals surface area contributed by atoms with Crippen LogP contribution in [0, 0.1) is 10.1 Å². The van der Waals surface area contributed by atoms with Gasteiger partial charge in [0.25, 0.3) is 17.5 Å². The Balaban J connectivity index is 1.88. The van der Waals surface area contributed by atoms with Gasteiger partial charge in [0.1, 0.15) is 0 Å². The predicted molar refractivity (Wildman–Crippen MR) is 99.4 cm³/mol. The standard InChI is InChI=1S/C17H9BrN2O5S/c18-13-4-2-1-3-12(13)15(21)19-16(22)14(26-17(19)23)9-10-5-7-11(8-6-10)20(24)25/h1-9H. The molecule has 2 aromatic rings. The molecule has 0 unspecified atom stereocenters. The summed E-state index contributed by atoms with van der Waals surface area (Å²) in [5, 5.41) is 9.98. The van der Waals surface area contributed by atoms with Gasteiger partial charge in [-0.25, -0.2) is 4.90 Å². The van der Waals surface area contributed by atoms with Crippen LogP contribution in [0.1, 0.15) is 15.9 Å². The fraction of sp³-hybridized carbons (Fsp3) is 0. The van der Waals surface area contributed by atoms with Gasteiger partial charge in [0.2, 0.25) is 0 Å². The van der Waals surface area contributed by atoms with Crippen LogP contribution in [0.5, 0.6) is 0 Å². The van der Waals surface area contributed by atoms with E-state index in [9.17, 15) is 24.5 Å². The smallest absolute Gasteiger partial charge is 0.268 e. The average Bonchev–Trinajstić information content (AvgIpc) is 2.89. The van der Waals surface area contributed by atoms with Crippen LogP contribution in [0.4, 0.5) is 10.5 Å². The van der Waals surface area contributed by atoms with Crippen LogP contribution in [0.25, 0.3) is 6.08 Å². The van der Waals surface area contributed by atoms with Crippen molar-refractivity contribution in [3.63, 3.8) is 0 Å². The zero-order chi connectivity index (χ0) is 18.8. The number of hydrogen-bond donors (Lipinski definition) is 0. The highest BCUT2D eigenvalue weighted by Gasteiger charge is 2.40. The van der Waals surface area contributed by atoms with E-state index in [-0.39, 0.29) is 16.2 Å². The molecule has 0 saturated carbocycles. The van der Waals surface area contributed by atoms with Gasteiger partial charge in [-0.15, -0.1) is 0 Å². The van der Waals surface area contributed by atoms with Crippen molar-refractivity contribution in [2.45, 2.75) is 0 Å². The fourth-order valence-corrected chi connectivity index (χ4v) is 3.51. The molecule has 7 nitrogen and oxygen atoms in total. The number of carbonyl (C=O) groups is 3. The van der Waals surface area contributed by atoms with E-state index in [4.69, 9.17) is 0 Å². The lowest BCUT2D eigenvalue weighted by atomic mass is 10.2. The van der Waals surface area contributed by atoms with Crippen molar-refractivity contribution in [2.75, 3.05) is 0 Å². The minimum atomic E-state index is -0.723. The van der Waals surface area contributed by atoms with Crippen molar-refractivity contribution < 1.29 is 19.3 Å². The summed E-state index contributed by atoms with van der Waals surface area (Å²) in [6, 6.07) is 12.0. The molecular weight excluding hydrogens is 424 g/mol. The SMILES string of the molecule is O=C1SC(=Cc2ccc([N+](=O)[O-])cc2)C(=O)N1C(=O)c1ccccc1Br. The number of thioether (sulfide) groups is 1. The predicted octanol–water partition coefficient (Wildman–Crippen LogP) is 4.23. The third-order valence-corrected chi connectivity index (χ3v) is 5.06. The maximum absolute atomic E-state index is 12.5. The highest BCUT2D eigenvalue weighted by atomic mass is 79.9. The van der Waals surface area contributed by atoms with Crippen LogP contribution < -0.4 is 0 Å². The topological polar surface area (TPSA) is 97.6 Å². The molecule has 0 atom stereocenters. The Morgan fingerprint density at radius 1 is 1.12 bits per heavy atom. The number of halogens is 1. The van der Waals surface area contributed by atoms with Crippen molar-refractivity contribution in [1.82, 2.24) is 4.90 Å². The lowest BCUT2D eigenvalue weighted by Crippen LogP contribution is -2.35. The van der Waals surface area contributed by atoms with Crippen LogP contribution in [0.3, 0.4) is 0 Å². The number of nitro groups is 1. The monoisotopic (exact) mass is 432 g/mol. The molecule has 1 aliphatic rings. The summed E-state index contributed by atoms with van der Waals surface area (Å²) < 4.78 is 0.475. The molecule has 2 aromatic carbocycles. The Bertz CT molecular complexity index is 971. The van der Waals surface area contributed by atoms with Crippen LogP contribution in [-0.2, 0) is 4.79 Å². The van der Waals surface area contributed by atoms with Gasteiger partial charge in [-0.05, 0) is 63.6 Å². The molecule has 3 rings (SSSR count). The molecule has 0 aliphatic carbocycles. The second kappa shape index (κ2) is 7.22. The molecule has 1 heterocycles. The number of carbonyl (C=O) groups excluding carboxylic acids is 3. The van der Waals surface area contributed by atoms with Crippen LogP contribution >= 0.6 is 27.7 Å². The lowest BCUT2D eigenvalue weighted by molar-refractivity contribution is -0.384. The molecule has 26 heavy (non-hydrogen) atoms. The van der Waals surface area contributed by atoms with Gasteiger partial charge in [0.05, 0.1) is 15.4 Å². The first-order valence-electron chi connectivity index (χ1n) is 7.20. The van der Waals surface area contributed by atoms with Crippen molar-refractivity contribution >= 4 is 56.5 Å². The van der Waals surface area contributed by atoms with Gasteiger partial charge in [-0.1, -0.05) is 12.1 Å². The molecule has 1 saturated heterocycles. The third kappa shape index (κ3) is 3.44. The minimum Gasteiger partial charge on any atom is -0.268 e. The second-order valence-electron chi connectivity index (χ2n) is 5.15.